The molecule has 4 aliphatic carbocycles. The zero-order valence-corrected chi connectivity index (χ0v) is 16.7. The number of hydrogen-bond donors (Lipinski definition) is 1. The molecule has 28 heavy (non-hydrogen) atoms. The van der Waals surface area contributed by atoms with Gasteiger partial charge in [-0.3, -0.25) is 9.59 Å². The fourth-order valence-electron chi connectivity index (χ4n) is 5.93. The van der Waals surface area contributed by atoms with Crippen molar-refractivity contribution in [3.05, 3.63) is 29.8 Å². The van der Waals surface area contributed by atoms with E-state index in [1.54, 1.807) is 0 Å². The molecule has 1 N–H and O–H groups in total. The second kappa shape index (κ2) is 8.14. The second-order valence-corrected chi connectivity index (χ2v) is 9.18. The molecule has 5 heteroatoms. The first-order chi connectivity index (χ1) is 13.5. The first kappa shape index (κ1) is 19.3. The van der Waals surface area contributed by atoms with Crippen LogP contribution in [0.5, 0.6) is 5.75 Å². The topological polar surface area (TPSA) is 64.6 Å². The highest BCUT2D eigenvalue weighted by molar-refractivity contribution is 5.81. The predicted molar refractivity (Wildman–Crippen MR) is 106 cm³/mol. The quantitative estimate of drug-likeness (QED) is 0.546. The number of benzene rings is 1. The predicted octanol–water partition coefficient (Wildman–Crippen LogP) is 3.78. The van der Waals surface area contributed by atoms with Crippen molar-refractivity contribution in [1.29, 1.82) is 0 Å². The van der Waals surface area contributed by atoms with E-state index in [0.29, 0.717) is 13.0 Å². The standard InChI is InChI=1S/C23H31NO4/c1-16-4-2-5-20(8-16)27-7-3-6-22(26)28-15-21(25)24-23-12-17-9-18(13-23)11-19(10-17)14-23/h2,4-5,8,17-19H,3,6-7,9-15H2,1H3,(H,24,25). The summed E-state index contributed by atoms with van der Waals surface area (Å²) < 4.78 is 10.8. The van der Waals surface area contributed by atoms with Gasteiger partial charge >= 0.3 is 5.97 Å². The zero-order valence-electron chi connectivity index (χ0n) is 16.7. The van der Waals surface area contributed by atoms with E-state index in [1.165, 1.54) is 19.3 Å². The van der Waals surface area contributed by atoms with E-state index in [1.807, 2.05) is 31.2 Å². The molecular weight excluding hydrogens is 354 g/mol. The van der Waals surface area contributed by atoms with Crippen molar-refractivity contribution in [3.63, 3.8) is 0 Å². The maximum Gasteiger partial charge on any atom is 0.306 e. The minimum Gasteiger partial charge on any atom is -0.494 e. The molecule has 1 amide bonds. The molecule has 4 bridgehead atoms. The Bertz CT molecular complexity index is 694. The van der Waals surface area contributed by atoms with Gasteiger partial charge in [-0.15, -0.1) is 0 Å². The third kappa shape index (κ3) is 4.68. The lowest BCUT2D eigenvalue weighted by molar-refractivity contribution is -0.150. The smallest absolute Gasteiger partial charge is 0.306 e. The highest BCUT2D eigenvalue weighted by atomic mass is 16.5. The van der Waals surface area contributed by atoms with E-state index in [0.717, 1.165) is 48.3 Å². The molecule has 152 valence electrons. The average Bonchev–Trinajstić information content (AvgIpc) is 2.62. The summed E-state index contributed by atoms with van der Waals surface area (Å²) in [7, 11) is 0. The van der Waals surface area contributed by atoms with Crippen LogP contribution >= 0.6 is 0 Å². The fraction of sp³-hybridized carbons (Fsp3) is 0.652. The van der Waals surface area contributed by atoms with Crippen LogP contribution in [0.25, 0.3) is 0 Å². The lowest BCUT2D eigenvalue weighted by atomic mass is 9.53. The highest BCUT2D eigenvalue weighted by Crippen LogP contribution is 2.55. The molecule has 0 saturated heterocycles. The van der Waals surface area contributed by atoms with Gasteiger partial charge in [0, 0.05) is 12.0 Å². The van der Waals surface area contributed by atoms with Crippen molar-refractivity contribution in [3.8, 4) is 5.75 Å². The SMILES string of the molecule is Cc1cccc(OCCCC(=O)OCC(=O)NC23CC4CC(CC(C4)C2)C3)c1. The fourth-order valence-corrected chi connectivity index (χ4v) is 5.93. The number of ether oxygens (including phenoxy) is 2. The Morgan fingerprint density at radius 3 is 2.43 bits per heavy atom. The summed E-state index contributed by atoms with van der Waals surface area (Å²) in [5.41, 5.74) is 1.11. The number of nitrogens with one attached hydrogen (secondary N) is 1. The van der Waals surface area contributed by atoms with Crippen LogP contribution in [0, 0.1) is 24.7 Å². The zero-order chi connectivity index (χ0) is 19.6. The summed E-state index contributed by atoms with van der Waals surface area (Å²) in [6.45, 7) is 2.30. The minimum atomic E-state index is -0.339. The van der Waals surface area contributed by atoms with Gasteiger partial charge < -0.3 is 14.8 Å². The molecule has 4 aliphatic rings. The van der Waals surface area contributed by atoms with Crippen LogP contribution in [-0.2, 0) is 14.3 Å². The van der Waals surface area contributed by atoms with E-state index in [2.05, 4.69) is 5.32 Å². The van der Waals surface area contributed by atoms with Gasteiger partial charge in [-0.05, 0) is 87.3 Å². The molecule has 5 rings (SSSR count). The average molecular weight is 386 g/mol. The molecule has 0 atom stereocenters. The molecular formula is C23H31NO4. The maximum absolute atomic E-state index is 12.4. The van der Waals surface area contributed by atoms with Crippen molar-refractivity contribution >= 4 is 11.9 Å². The van der Waals surface area contributed by atoms with Crippen molar-refractivity contribution in [2.75, 3.05) is 13.2 Å². The van der Waals surface area contributed by atoms with Crippen molar-refractivity contribution in [1.82, 2.24) is 5.32 Å². The number of amides is 1. The summed E-state index contributed by atoms with van der Waals surface area (Å²) in [5, 5.41) is 3.23. The van der Waals surface area contributed by atoms with E-state index < -0.39 is 0 Å². The molecule has 0 heterocycles. The van der Waals surface area contributed by atoms with E-state index in [-0.39, 0.29) is 30.4 Å². The molecule has 0 aromatic heterocycles. The molecule has 4 fully saturated rings. The normalized spacial score (nSPS) is 30.1. The Morgan fingerprint density at radius 1 is 1.11 bits per heavy atom. The Labute approximate surface area is 167 Å². The lowest BCUT2D eigenvalue weighted by Gasteiger charge is -2.56. The summed E-state index contributed by atoms with van der Waals surface area (Å²) in [6.07, 6.45) is 8.18. The number of aryl methyl sites for hydroxylation is 1. The van der Waals surface area contributed by atoms with Gasteiger partial charge in [-0.2, -0.15) is 0 Å². The Balaban J connectivity index is 1.14. The monoisotopic (exact) mass is 385 g/mol. The van der Waals surface area contributed by atoms with E-state index >= 15 is 0 Å². The summed E-state index contributed by atoms with van der Waals surface area (Å²) in [5.74, 6) is 2.66. The van der Waals surface area contributed by atoms with Gasteiger partial charge in [-0.1, -0.05) is 12.1 Å². The molecule has 0 radical (unpaired) electrons. The van der Waals surface area contributed by atoms with Crippen LogP contribution in [0.3, 0.4) is 0 Å². The largest absolute Gasteiger partial charge is 0.494 e. The van der Waals surface area contributed by atoms with Gasteiger partial charge in [-0.25, -0.2) is 0 Å². The molecule has 4 saturated carbocycles. The van der Waals surface area contributed by atoms with E-state index in [9.17, 15) is 9.59 Å². The number of carbonyl (C=O) groups is 2. The number of hydrogen-bond acceptors (Lipinski definition) is 4. The lowest BCUT2D eigenvalue weighted by Crippen LogP contribution is -2.60. The van der Waals surface area contributed by atoms with Crippen molar-refractivity contribution in [2.45, 2.75) is 63.8 Å². The summed E-state index contributed by atoms with van der Waals surface area (Å²) >= 11 is 0. The van der Waals surface area contributed by atoms with Crippen LogP contribution in [-0.4, -0.2) is 30.6 Å². The summed E-state index contributed by atoms with van der Waals surface area (Å²) in [6, 6.07) is 7.83. The molecule has 1 aromatic rings. The van der Waals surface area contributed by atoms with Crippen LogP contribution in [0.15, 0.2) is 24.3 Å². The van der Waals surface area contributed by atoms with Crippen LogP contribution in [0.4, 0.5) is 0 Å². The molecule has 0 aliphatic heterocycles. The molecule has 0 unspecified atom stereocenters. The third-order valence-electron chi connectivity index (χ3n) is 6.59. The molecule has 1 aromatic carbocycles. The van der Waals surface area contributed by atoms with Crippen LogP contribution in [0.2, 0.25) is 0 Å². The van der Waals surface area contributed by atoms with Gasteiger partial charge in [0.2, 0.25) is 0 Å². The molecule has 0 spiro atoms. The number of esters is 1. The van der Waals surface area contributed by atoms with Crippen LogP contribution < -0.4 is 10.1 Å². The number of rotatable bonds is 8. The number of carbonyl (C=O) groups excluding carboxylic acids is 2. The van der Waals surface area contributed by atoms with Gasteiger partial charge in [0.1, 0.15) is 5.75 Å². The second-order valence-electron chi connectivity index (χ2n) is 9.18. The molecule has 5 nitrogen and oxygen atoms in total. The van der Waals surface area contributed by atoms with Crippen molar-refractivity contribution in [2.24, 2.45) is 17.8 Å². The maximum atomic E-state index is 12.4. The van der Waals surface area contributed by atoms with E-state index in [4.69, 9.17) is 9.47 Å². The third-order valence-corrected chi connectivity index (χ3v) is 6.59. The Hall–Kier alpha value is -2.04. The van der Waals surface area contributed by atoms with Gasteiger partial charge in [0.25, 0.3) is 5.91 Å². The minimum absolute atomic E-state index is 0.0279. The first-order valence-corrected chi connectivity index (χ1v) is 10.7. The Morgan fingerprint density at radius 2 is 1.79 bits per heavy atom. The first-order valence-electron chi connectivity index (χ1n) is 10.7. The van der Waals surface area contributed by atoms with Gasteiger partial charge in [0.05, 0.1) is 6.61 Å². The van der Waals surface area contributed by atoms with Gasteiger partial charge in [0.15, 0.2) is 6.61 Å². The summed E-state index contributed by atoms with van der Waals surface area (Å²) in [4.78, 5) is 24.3. The van der Waals surface area contributed by atoms with Crippen molar-refractivity contribution < 1.29 is 19.1 Å². The Kier molecular flexibility index (Phi) is 5.61. The van der Waals surface area contributed by atoms with Crippen LogP contribution in [0.1, 0.15) is 56.9 Å². The highest BCUT2D eigenvalue weighted by Gasteiger charge is 2.51.